The molecule has 2 fully saturated rings. The summed E-state index contributed by atoms with van der Waals surface area (Å²) in [5.74, 6) is -0.945. The number of nitrogens with zero attached hydrogens (tertiary/aromatic N) is 1. The fourth-order valence-corrected chi connectivity index (χ4v) is 6.04. The van der Waals surface area contributed by atoms with E-state index in [1.54, 1.807) is 32.1 Å². The van der Waals surface area contributed by atoms with Crippen LogP contribution >= 0.6 is 11.3 Å². The van der Waals surface area contributed by atoms with Crippen molar-refractivity contribution in [3.63, 3.8) is 0 Å². The number of Topliss-reactive ketones (excluding diaryl/α,β-unsaturated/α-hetero) is 2. The summed E-state index contributed by atoms with van der Waals surface area (Å²) >= 11 is 1.60. The van der Waals surface area contributed by atoms with E-state index in [1.807, 2.05) is 32.2 Å². The summed E-state index contributed by atoms with van der Waals surface area (Å²) in [5.41, 5.74) is 0.641. The average Bonchev–Trinajstić information content (AvgIpc) is 3.22. The van der Waals surface area contributed by atoms with Crippen molar-refractivity contribution in [1.82, 2.24) is 4.98 Å². The molecule has 0 amide bonds. The normalized spacial score (nSPS) is 37.7. The van der Waals surface area contributed by atoms with Gasteiger partial charge in [0.25, 0.3) is 0 Å². The molecule has 0 radical (unpaired) electrons. The van der Waals surface area contributed by atoms with Crippen molar-refractivity contribution in [2.75, 3.05) is 0 Å². The second-order valence-electron chi connectivity index (χ2n) is 11.7. The van der Waals surface area contributed by atoms with Crippen LogP contribution in [0.3, 0.4) is 0 Å². The van der Waals surface area contributed by atoms with Crippen molar-refractivity contribution < 1.29 is 24.5 Å². The maximum Gasteiger partial charge on any atom is 0.146 e. The van der Waals surface area contributed by atoms with E-state index in [0.29, 0.717) is 0 Å². The van der Waals surface area contributed by atoms with Gasteiger partial charge < -0.3 is 14.9 Å². The first-order chi connectivity index (χ1) is 16.2. The Kier molecular flexibility index (Phi) is 8.78. The van der Waals surface area contributed by atoms with E-state index in [1.165, 1.54) is 0 Å². The maximum atomic E-state index is 13.3. The molecular formula is C28H43NO5S. The molecule has 2 aliphatic rings. The number of carbonyl (C=O) groups excluding carboxylic acids is 2. The minimum atomic E-state index is -1.12. The smallest absolute Gasteiger partial charge is 0.146 e. The third-order valence-corrected chi connectivity index (χ3v) is 9.19. The molecule has 6 nitrogen and oxygen atoms in total. The first-order valence-electron chi connectivity index (χ1n) is 12.9. The summed E-state index contributed by atoms with van der Waals surface area (Å²) in [5, 5.41) is 24.8. The summed E-state index contributed by atoms with van der Waals surface area (Å²) < 4.78 is 6.14. The highest BCUT2D eigenvalue weighted by atomic mass is 32.1. The molecule has 7 heteroatoms. The molecule has 7 unspecified atom stereocenters. The van der Waals surface area contributed by atoms with Crippen LogP contribution in [-0.2, 0) is 14.3 Å². The molecular weight excluding hydrogens is 462 g/mol. The van der Waals surface area contributed by atoms with Crippen molar-refractivity contribution >= 4 is 29.0 Å². The molecule has 7 atom stereocenters. The molecule has 1 aliphatic heterocycles. The van der Waals surface area contributed by atoms with Gasteiger partial charge in [-0.1, -0.05) is 39.7 Å². The maximum absolute atomic E-state index is 13.3. The number of hydrogen-bond acceptors (Lipinski definition) is 7. The lowest BCUT2D eigenvalue weighted by molar-refractivity contribution is -0.143. The van der Waals surface area contributed by atoms with Crippen molar-refractivity contribution in [3.05, 3.63) is 21.7 Å². The van der Waals surface area contributed by atoms with Crippen LogP contribution in [0.15, 0.2) is 11.0 Å². The van der Waals surface area contributed by atoms with Gasteiger partial charge in [0, 0.05) is 24.1 Å². The number of ether oxygens (including phenoxy) is 1. The fourth-order valence-electron chi connectivity index (χ4n) is 5.47. The molecule has 1 aliphatic carbocycles. The number of fused-ring (bicyclic) bond motifs is 1. The quantitative estimate of drug-likeness (QED) is 0.540. The van der Waals surface area contributed by atoms with Gasteiger partial charge in [0.1, 0.15) is 11.6 Å². The van der Waals surface area contributed by atoms with Crippen LogP contribution in [0.2, 0.25) is 0 Å². The molecule has 2 N–H and O–H groups in total. The first-order valence-corrected chi connectivity index (χ1v) is 13.8. The van der Waals surface area contributed by atoms with Gasteiger partial charge in [0.2, 0.25) is 0 Å². The van der Waals surface area contributed by atoms with Crippen molar-refractivity contribution in [1.29, 1.82) is 0 Å². The number of aryl methyl sites for hydroxylation is 1. The number of aromatic nitrogens is 1. The van der Waals surface area contributed by atoms with Crippen LogP contribution in [-0.4, -0.2) is 50.7 Å². The number of epoxide rings is 1. The van der Waals surface area contributed by atoms with Gasteiger partial charge in [0.05, 0.1) is 40.0 Å². The zero-order valence-electron chi connectivity index (χ0n) is 22.3. The van der Waals surface area contributed by atoms with Crippen molar-refractivity contribution in [2.24, 2.45) is 23.2 Å². The highest BCUT2D eigenvalue weighted by molar-refractivity contribution is 7.09. The number of allylic oxidation sites excluding steroid dienone is 1. The van der Waals surface area contributed by atoms with E-state index >= 15 is 0 Å². The summed E-state index contributed by atoms with van der Waals surface area (Å²) in [6, 6.07) is 0. The molecule has 35 heavy (non-hydrogen) atoms. The van der Waals surface area contributed by atoms with E-state index in [-0.39, 0.29) is 47.9 Å². The number of aliphatic hydroxyl groups excluding tert-OH is 2. The Morgan fingerprint density at radius 1 is 1.20 bits per heavy atom. The number of rotatable bonds is 2. The Morgan fingerprint density at radius 3 is 2.51 bits per heavy atom. The SMILES string of the molecule is C/C(=C\c1csc(C)n1)C1CC(=O)CC(O)C(C)(C)C(=O)C(C)C(O)C(C)CCCC2(C)OC2C1. The summed E-state index contributed by atoms with van der Waals surface area (Å²) in [6.45, 7) is 13.2. The van der Waals surface area contributed by atoms with Crippen molar-refractivity contribution in [3.8, 4) is 0 Å². The van der Waals surface area contributed by atoms with Crippen LogP contribution < -0.4 is 0 Å². The lowest BCUT2D eigenvalue weighted by Crippen LogP contribution is -2.45. The largest absolute Gasteiger partial charge is 0.392 e. The predicted octanol–water partition coefficient (Wildman–Crippen LogP) is 5.14. The number of ketones is 2. The zero-order chi connectivity index (χ0) is 26.1. The van der Waals surface area contributed by atoms with E-state index in [0.717, 1.165) is 42.0 Å². The second kappa shape index (κ2) is 10.9. The Bertz CT molecular complexity index is 953. The van der Waals surface area contributed by atoms with Crippen LogP contribution in [0.4, 0.5) is 0 Å². The van der Waals surface area contributed by atoms with Crippen molar-refractivity contribution in [2.45, 2.75) is 111 Å². The van der Waals surface area contributed by atoms with Gasteiger partial charge in [-0.05, 0) is 57.9 Å². The van der Waals surface area contributed by atoms with Crippen LogP contribution in [0.1, 0.15) is 90.8 Å². The molecule has 3 rings (SSSR count). The third-order valence-electron chi connectivity index (χ3n) is 8.39. The Hall–Kier alpha value is -1.41. The van der Waals surface area contributed by atoms with Crippen LogP contribution in [0.5, 0.6) is 0 Å². The van der Waals surface area contributed by atoms with E-state index in [9.17, 15) is 19.8 Å². The first kappa shape index (κ1) is 28.2. The molecule has 0 bridgehead atoms. The molecule has 0 aromatic carbocycles. The Morgan fingerprint density at radius 2 is 1.89 bits per heavy atom. The van der Waals surface area contributed by atoms with Crippen LogP contribution in [0, 0.1) is 30.1 Å². The van der Waals surface area contributed by atoms with Gasteiger partial charge in [-0.25, -0.2) is 4.98 Å². The fraction of sp³-hybridized carbons (Fsp3) is 0.750. The standard InChI is InChI=1S/C28H43NO5S/c1-16-9-8-10-28(7)24(34-28)13-20(17(2)11-21-15-35-19(4)29-21)12-22(30)14-23(31)27(5,6)26(33)18(3)25(16)32/h11,15-16,18,20,23-25,31-32H,8-10,12-14H2,1-7H3/b17-11+. The van der Waals surface area contributed by atoms with Gasteiger partial charge >= 0.3 is 0 Å². The van der Waals surface area contributed by atoms with E-state index in [2.05, 4.69) is 11.9 Å². The zero-order valence-corrected chi connectivity index (χ0v) is 23.2. The summed E-state index contributed by atoms with van der Waals surface area (Å²) in [7, 11) is 0. The minimum absolute atomic E-state index is 0.0186. The number of carbonyl (C=O) groups is 2. The highest BCUT2D eigenvalue weighted by Gasteiger charge is 2.52. The molecule has 1 saturated carbocycles. The lowest BCUT2D eigenvalue weighted by atomic mass is 9.72. The molecule has 1 aromatic rings. The van der Waals surface area contributed by atoms with Crippen LogP contribution in [0.25, 0.3) is 6.08 Å². The lowest BCUT2D eigenvalue weighted by Gasteiger charge is -2.34. The van der Waals surface area contributed by atoms with Gasteiger partial charge in [0.15, 0.2) is 0 Å². The molecule has 196 valence electrons. The topological polar surface area (TPSA) is 100 Å². The summed E-state index contributed by atoms with van der Waals surface area (Å²) in [6.07, 6.45) is 3.77. The molecule has 1 aromatic heterocycles. The van der Waals surface area contributed by atoms with Gasteiger partial charge in [-0.2, -0.15) is 0 Å². The second-order valence-corrected chi connectivity index (χ2v) is 12.8. The number of aliphatic hydroxyl groups is 2. The Balaban J connectivity index is 1.85. The highest BCUT2D eigenvalue weighted by Crippen LogP contribution is 2.46. The van der Waals surface area contributed by atoms with E-state index in [4.69, 9.17) is 4.74 Å². The third kappa shape index (κ3) is 6.68. The average molecular weight is 506 g/mol. The number of thiazole rings is 1. The van der Waals surface area contributed by atoms with Gasteiger partial charge in [-0.3, -0.25) is 9.59 Å². The predicted molar refractivity (Wildman–Crippen MR) is 139 cm³/mol. The molecule has 2 heterocycles. The minimum Gasteiger partial charge on any atom is -0.392 e. The van der Waals surface area contributed by atoms with E-state index < -0.39 is 23.5 Å². The monoisotopic (exact) mass is 505 g/mol. The van der Waals surface area contributed by atoms with Gasteiger partial charge in [-0.15, -0.1) is 11.3 Å². The Labute approximate surface area is 214 Å². The molecule has 0 spiro atoms. The molecule has 1 saturated heterocycles. The number of hydrogen-bond donors (Lipinski definition) is 2. The summed E-state index contributed by atoms with van der Waals surface area (Å²) in [4.78, 5) is 30.9.